The molecule has 1 saturated heterocycles. The van der Waals surface area contributed by atoms with Crippen molar-refractivity contribution in [2.45, 2.75) is 19.8 Å². The molecule has 0 radical (unpaired) electrons. The molecule has 20 heavy (non-hydrogen) atoms. The van der Waals surface area contributed by atoms with Gasteiger partial charge in [0.05, 0.1) is 11.6 Å². The molecule has 1 aliphatic heterocycles. The molecule has 6 nitrogen and oxygen atoms in total. The van der Waals surface area contributed by atoms with E-state index in [1.807, 2.05) is 0 Å². The van der Waals surface area contributed by atoms with E-state index in [0.29, 0.717) is 5.65 Å². The molecule has 0 spiro atoms. The van der Waals surface area contributed by atoms with Crippen LogP contribution in [0.4, 0.5) is 5.82 Å². The highest BCUT2D eigenvalue weighted by Gasteiger charge is 2.15. The Balaban J connectivity index is 1.58. The predicted octanol–water partition coefficient (Wildman–Crippen LogP) is 2.15. The number of anilines is 1. The van der Waals surface area contributed by atoms with Crippen molar-refractivity contribution in [3.63, 3.8) is 0 Å². The first-order valence-electron chi connectivity index (χ1n) is 7.05. The Bertz CT molecular complexity index is 575. The third-order valence-corrected chi connectivity index (χ3v) is 4.05. The van der Waals surface area contributed by atoms with Crippen molar-refractivity contribution >= 4 is 28.5 Å². The van der Waals surface area contributed by atoms with Crippen molar-refractivity contribution < 1.29 is 0 Å². The molecule has 0 bridgehead atoms. The summed E-state index contributed by atoms with van der Waals surface area (Å²) in [7, 11) is 0. The zero-order valence-corrected chi connectivity index (χ0v) is 12.3. The van der Waals surface area contributed by atoms with Crippen LogP contribution in [0.3, 0.4) is 0 Å². The first kappa shape index (κ1) is 13.6. The summed E-state index contributed by atoms with van der Waals surface area (Å²) in [6.45, 7) is 6.58. The summed E-state index contributed by atoms with van der Waals surface area (Å²) in [5.74, 6) is 1.62. The molecule has 3 heterocycles. The lowest BCUT2D eigenvalue weighted by Gasteiger charge is -2.30. The monoisotopic (exact) mass is 294 g/mol. The number of halogens is 1. The van der Waals surface area contributed by atoms with E-state index >= 15 is 0 Å². The molecule has 0 saturated carbocycles. The van der Waals surface area contributed by atoms with Gasteiger partial charge in [-0.05, 0) is 43.5 Å². The molecule has 0 aliphatic carbocycles. The molecule has 1 aliphatic rings. The minimum atomic E-state index is 0.232. The summed E-state index contributed by atoms with van der Waals surface area (Å²) in [5.41, 5.74) is 0.666. The third-order valence-electron chi connectivity index (χ3n) is 3.88. The van der Waals surface area contributed by atoms with E-state index in [0.717, 1.165) is 30.2 Å². The average Bonchev–Trinajstić information content (AvgIpc) is 2.89. The van der Waals surface area contributed by atoms with Crippen molar-refractivity contribution in [1.29, 1.82) is 0 Å². The standard InChI is InChI=1S/C13H19ClN6/c1-9-2-5-20(6-3-9)7-4-15-11-10-8-16-19-12(10)18-13(14)17-11/h8-9H,2-7H2,1H3,(H2,15,16,17,18,19). The summed E-state index contributed by atoms with van der Waals surface area (Å²) in [5, 5.41) is 11.2. The van der Waals surface area contributed by atoms with Gasteiger partial charge in [0.15, 0.2) is 5.65 Å². The van der Waals surface area contributed by atoms with Crippen LogP contribution in [-0.4, -0.2) is 51.2 Å². The summed E-state index contributed by atoms with van der Waals surface area (Å²) in [6.07, 6.45) is 4.31. The molecule has 108 valence electrons. The summed E-state index contributed by atoms with van der Waals surface area (Å²) >= 11 is 5.90. The topological polar surface area (TPSA) is 69.7 Å². The van der Waals surface area contributed by atoms with E-state index in [9.17, 15) is 0 Å². The molecule has 2 N–H and O–H groups in total. The Morgan fingerprint density at radius 3 is 3.00 bits per heavy atom. The number of nitrogens with one attached hydrogen (secondary N) is 2. The van der Waals surface area contributed by atoms with Gasteiger partial charge in [-0.1, -0.05) is 6.92 Å². The first-order chi connectivity index (χ1) is 9.72. The van der Waals surface area contributed by atoms with E-state index < -0.39 is 0 Å². The second-order valence-electron chi connectivity index (χ2n) is 5.42. The van der Waals surface area contributed by atoms with Crippen molar-refractivity contribution in [1.82, 2.24) is 25.1 Å². The Morgan fingerprint density at radius 1 is 1.40 bits per heavy atom. The lowest BCUT2D eigenvalue weighted by molar-refractivity contribution is 0.199. The summed E-state index contributed by atoms with van der Waals surface area (Å²) in [4.78, 5) is 10.8. The normalized spacial score (nSPS) is 17.7. The van der Waals surface area contributed by atoms with Gasteiger partial charge in [-0.2, -0.15) is 15.1 Å². The number of fused-ring (bicyclic) bond motifs is 1. The van der Waals surface area contributed by atoms with Gasteiger partial charge in [-0.25, -0.2) is 0 Å². The number of H-pyrrole nitrogens is 1. The SMILES string of the molecule is CC1CCN(CCNc2nc(Cl)nc3[nH]ncc23)CC1. The summed E-state index contributed by atoms with van der Waals surface area (Å²) in [6, 6.07) is 0. The fourth-order valence-corrected chi connectivity index (χ4v) is 2.73. The minimum Gasteiger partial charge on any atom is -0.368 e. The van der Waals surface area contributed by atoms with E-state index in [-0.39, 0.29) is 5.28 Å². The van der Waals surface area contributed by atoms with Gasteiger partial charge in [0, 0.05) is 13.1 Å². The Labute approximate surface area is 122 Å². The second kappa shape index (κ2) is 5.93. The van der Waals surface area contributed by atoms with Crippen LogP contribution < -0.4 is 5.32 Å². The Morgan fingerprint density at radius 2 is 2.20 bits per heavy atom. The third kappa shape index (κ3) is 3.02. The van der Waals surface area contributed by atoms with Gasteiger partial charge >= 0.3 is 0 Å². The van der Waals surface area contributed by atoms with Gasteiger partial charge in [-0.15, -0.1) is 0 Å². The van der Waals surface area contributed by atoms with Crippen molar-refractivity contribution in [3.05, 3.63) is 11.5 Å². The quantitative estimate of drug-likeness (QED) is 0.846. The molecule has 3 rings (SSSR count). The van der Waals surface area contributed by atoms with Crippen molar-refractivity contribution in [3.8, 4) is 0 Å². The van der Waals surface area contributed by atoms with E-state index in [4.69, 9.17) is 11.6 Å². The summed E-state index contributed by atoms with van der Waals surface area (Å²) < 4.78 is 0. The van der Waals surface area contributed by atoms with Crippen LogP contribution in [-0.2, 0) is 0 Å². The van der Waals surface area contributed by atoms with Crippen LogP contribution >= 0.6 is 11.6 Å². The largest absolute Gasteiger partial charge is 0.368 e. The predicted molar refractivity (Wildman–Crippen MR) is 80.0 cm³/mol. The second-order valence-corrected chi connectivity index (χ2v) is 5.76. The fourth-order valence-electron chi connectivity index (χ4n) is 2.56. The van der Waals surface area contributed by atoms with Crippen molar-refractivity contribution in [2.75, 3.05) is 31.5 Å². The fraction of sp³-hybridized carbons (Fsp3) is 0.615. The molecule has 2 aromatic rings. The highest BCUT2D eigenvalue weighted by molar-refractivity contribution is 6.28. The number of aromatic nitrogens is 4. The van der Waals surface area contributed by atoms with Crippen LogP contribution in [0.25, 0.3) is 11.0 Å². The maximum atomic E-state index is 5.90. The van der Waals surface area contributed by atoms with Gasteiger partial charge < -0.3 is 10.2 Å². The van der Waals surface area contributed by atoms with Gasteiger partial charge in [0.1, 0.15) is 5.82 Å². The zero-order chi connectivity index (χ0) is 13.9. The van der Waals surface area contributed by atoms with Gasteiger partial charge in [0.25, 0.3) is 0 Å². The zero-order valence-electron chi connectivity index (χ0n) is 11.6. The molecule has 2 aromatic heterocycles. The van der Waals surface area contributed by atoms with Gasteiger partial charge in [-0.3, -0.25) is 5.10 Å². The first-order valence-corrected chi connectivity index (χ1v) is 7.43. The minimum absolute atomic E-state index is 0.232. The van der Waals surface area contributed by atoms with Crippen LogP contribution in [0.2, 0.25) is 5.28 Å². The van der Waals surface area contributed by atoms with Crippen LogP contribution in [0.5, 0.6) is 0 Å². The Kier molecular flexibility index (Phi) is 4.03. The lowest BCUT2D eigenvalue weighted by Crippen LogP contribution is -2.36. The molecular weight excluding hydrogens is 276 g/mol. The van der Waals surface area contributed by atoms with Crippen molar-refractivity contribution in [2.24, 2.45) is 5.92 Å². The van der Waals surface area contributed by atoms with Crippen LogP contribution in [0, 0.1) is 5.92 Å². The maximum Gasteiger partial charge on any atom is 0.226 e. The number of aromatic amines is 1. The van der Waals surface area contributed by atoms with E-state index in [1.165, 1.54) is 25.9 Å². The smallest absolute Gasteiger partial charge is 0.226 e. The highest BCUT2D eigenvalue weighted by atomic mass is 35.5. The molecule has 0 amide bonds. The average molecular weight is 295 g/mol. The molecular formula is C13H19ClN6. The number of rotatable bonds is 4. The molecule has 0 aromatic carbocycles. The van der Waals surface area contributed by atoms with Gasteiger partial charge in [0.2, 0.25) is 5.28 Å². The molecule has 0 unspecified atom stereocenters. The molecule has 0 atom stereocenters. The van der Waals surface area contributed by atoms with E-state index in [1.54, 1.807) is 6.20 Å². The Hall–Kier alpha value is -1.40. The molecule has 7 heteroatoms. The van der Waals surface area contributed by atoms with Crippen LogP contribution in [0.15, 0.2) is 6.20 Å². The molecule has 1 fully saturated rings. The van der Waals surface area contributed by atoms with Crippen LogP contribution in [0.1, 0.15) is 19.8 Å². The number of hydrogen-bond donors (Lipinski definition) is 2. The lowest BCUT2D eigenvalue weighted by atomic mass is 9.99. The number of hydrogen-bond acceptors (Lipinski definition) is 5. The van der Waals surface area contributed by atoms with E-state index in [2.05, 4.69) is 37.3 Å². The maximum absolute atomic E-state index is 5.90. The number of piperidine rings is 1. The highest BCUT2D eigenvalue weighted by Crippen LogP contribution is 2.20. The number of nitrogens with zero attached hydrogens (tertiary/aromatic N) is 4. The number of likely N-dealkylation sites (tertiary alicyclic amines) is 1.